The van der Waals surface area contributed by atoms with Gasteiger partial charge in [-0.1, -0.05) is 0 Å². The Morgan fingerprint density at radius 1 is 1.20 bits per heavy atom. The third-order valence-electron chi connectivity index (χ3n) is 1.50. The zero-order chi connectivity index (χ0) is 11.8. The molecule has 0 aromatic carbocycles. The van der Waals surface area contributed by atoms with Crippen molar-refractivity contribution in [1.29, 1.82) is 0 Å². The predicted molar refractivity (Wildman–Crippen MR) is 49.6 cm³/mol. The van der Waals surface area contributed by atoms with E-state index in [0.717, 1.165) is 0 Å². The molecule has 0 aliphatic heterocycles. The first kappa shape index (κ1) is 12.8. The van der Waals surface area contributed by atoms with E-state index < -0.39 is 28.3 Å². The molecule has 0 N–H and O–H groups in total. The number of aromatic nitrogens is 1. The Kier molecular flexibility index (Phi) is 3.70. The van der Waals surface area contributed by atoms with E-state index >= 15 is 0 Å². The average molecular weight is 355 g/mol. The monoisotopic (exact) mass is 353 g/mol. The van der Waals surface area contributed by atoms with E-state index in [1.165, 1.54) is 0 Å². The van der Waals surface area contributed by atoms with Gasteiger partial charge in [0.2, 0.25) is 0 Å². The highest BCUT2D eigenvalue weighted by atomic mass is 79.9. The molecule has 1 aromatic rings. The Bertz CT molecular complexity index is 376. The Labute approximate surface area is 97.9 Å². The quantitative estimate of drug-likeness (QED) is 0.673. The van der Waals surface area contributed by atoms with Crippen LogP contribution < -0.4 is 0 Å². The number of nitrogens with zero attached hydrogens (tertiary/aromatic N) is 1. The van der Waals surface area contributed by atoms with Crippen LogP contribution in [-0.4, -0.2) is 4.98 Å². The summed E-state index contributed by atoms with van der Waals surface area (Å²) in [5.41, 5.74) is -2.11. The molecule has 0 radical (unpaired) electrons. The molecule has 0 saturated heterocycles. The molecule has 1 aromatic heterocycles. The van der Waals surface area contributed by atoms with Gasteiger partial charge in [-0.2, -0.15) is 13.2 Å². The zero-order valence-corrected chi connectivity index (χ0v) is 9.92. The third kappa shape index (κ3) is 2.66. The predicted octanol–water partition coefficient (Wildman–Crippen LogP) is 4.56. The molecule has 8 heteroatoms. The van der Waals surface area contributed by atoms with E-state index in [-0.39, 0.29) is 4.47 Å². The van der Waals surface area contributed by atoms with Gasteiger partial charge in [0.15, 0.2) is 5.69 Å². The first-order valence-electron chi connectivity index (χ1n) is 3.44. The molecule has 0 saturated carbocycles. The summed E-state index contributed by atoms with van der Waals surface area (Å²) in [6, 6.07) is 0. The molecular weight excluding hydrogens is 353 g/mol. The lowest BCUT2D eigenvalue weighted by Gasteiger charge is -2.12. The fourth-order valence-electron chi connectivity index (χ4n) is 0.877. The Hall–Kier alpha value is -0.240. The van der Waals surface area contributed by atoms with Crippen LogP contribution in [-0.2, 0) is 6.18 Å². The highest BCUT2D eigenvalue weighted by Gasteiger charge is 2.37. The number of pyridine rings is 1. The summed E-state index contributed by atoms with van der Waals surface area (Å²) in [5.74, 6) is 0. The van der Waals surface area contributed by atoms with Gasteiger partial charge in [0.25, 0.3) is 6.43 Å². The van der Waals surface area contributed by atoms with Gasteiger partial charge >= 0.3 is 6.18 Å². The van der Waals surface area contributed by atoms with Crippen molar-refractivity contribution in [1.82, 2.24) is 4.98 Å². The van der Waals surface area contributed by atoms with Gasteiger partial charge in [0, 0.05) is 16.2 Å². The molecular formula is C7H2Br2F5N. The molecule has 0 bridgehead atoms. The van der Waals surface area contributed by atoms with Crippen molar-refractivity contribution in [3.8, 4) is 0 Å². The van der Waals surface area contributed by atoms with E-state index in [1.807, 2.05) is 0 Å². The van der Waals surface area contributed by atoms with Crippen LogP contribution in [0.3, 0.4) is 0 Å². The van der Waals surface area contributed by atoms with Crippen molar-refractivity contribution >= 4 is 31.9 Å². The lowest BCUT2D eigenvalue weighted by Crippen LogP contribution is -2.11. The zero-order valence-electron chi connectivity index (χ0n) is 6.75. The highest BCUT2D eigenvalue weighted by Crippen LogP contribution is 2.40. The van der Waals surface area contributed by atoms with E-state index in [1.54, 1.807) is 0 Å². The maximum absolute atomic E-state index is 12.4. The molecule has 0 aliphatic carbocycles. The summed E-state index contributed by atoms with van der Waals surface area (Å²) in [7, 11) is 0. The van der Waals surface area contributed by atoms with Crippen molar-refractivity contribution in [2.75, 3.05) is 0 Å². The smallest absolute Gasteiger partial charge is 0.249 e. The van der Waals surface area contributed by atoms with Crippen molar-refractivity contribution in [2.45, 2.75) is 12.6 Å². The SMILES string of the molecule is FC(F)c1c(Br)cnc(C(F)(F)F)c1Br. The molecule has 1 nitrogen and oxygen atoms in total. The Balaban J connectivity index is 3.42. The van der Waals surface area contributed by atoms with Crippen LogP contribution in [0.1, 0.15) is 17.7 Å². The molecule has 1 rings (SSSR count). The molecule has 0 fully saturated rings. The maximum atomic E-state index is 12.4. The van der Waals surface area contributed by atoms with Crippen molar-refractivity contribution in [2.24, 2.45) is 0 Å². The van der Waals surface area contributed by atoms with Crippen LogP contribution in [0.2, 0.25) is 0 Å². The molecule has 0 unspecified atom stereocenters. The number of rotatable bonds is 1. The topological polar surface area (TPSA) is 12.9 Å². The Morgan fingerprint density at radius 2 is 1.73 bits per heavy atom. The summed E-state index contributed by atoms with van der Waals surface area (Å²) in [5, 5.41) is 0. The van der Waals surface area contributed by atoms with Crippen LogP contribution in [0.15, 0.2) is 15.1 Å². The minimum absolute atomic E-state index is 0.169. The Morgan fingerprint density at radius 3 is 2.13 bits per heavy atom. The molecule has 0 atom stereocenters. The maximum Gasteiger partial charge on any atom is 0.434 e. The number of halogens is 7. The van der Waals surface area contributed by atoms with Gasteiger partial charge in [0.05, 0.1) is 4.47 Å². The molecule has 15 heavy (non-hydrogen) atoms. The van der Waals surface area contributed by atoms with Gasteiger partial charge in [-0.15, -0.1) is 0 Å². The van der Waals surface area contributed by atoms with Crippen LogP contribution in [0, 0.1) is 0 Å². The van der Waals surface area contributed by atoms with Gasteiger partial charge in [-0.05, 0) is 31.9 Å². The summed E-state index contributed by atoms with van der Waals surface area (Å²) in [4.78, 5) is 3.04. The van der Waals surface area contributed by atoms with Crippen LogP contribution in [0.5, 0.6) is 0 Å². The number of hydrogen-bond donors (Lipinski definition) is 0. The molecule has 0 aliphatic rings. The second-order valence-corrected chi connectivity index (χ2v) is 4.13. The first-order valence-corrected chi connectivity index (χ1v) is 5.03. The molecule has 84 valence electrons. The molecule has 0 amide bonds. The molecule has 0 spiro atoms. The normalized spacial score (nSPS) is 12.3. The lowest BCUT2D eigenvalue weighted by atomic mass is 10.2. The summed E-state index contributed by atoms with van der Waals surface area (Å²) in [6.45, 7) is 0. The van der Waals surface area contributed by atoms with Crippen LogP contribution in [0.25, 0.3) is 0 Å². The van der Waals surface area contributed by atoms with Gasteiger partial charge < -0.3 is 0 Å². The average Bonchev–Trinajstić information content (AvgIpc) is 2.00. The highest BCUT2D eigenvalue weighted by molar-refractivity contribution is 9.11. The minimum atomic E-state index is -4.76. The van der Waals surface area contributed by atoms with E-state index in [9.17, 15) is 22.0 Å². The van der Waals surface area contributed by atoms with Crippen molar-refractivity contribution in [3.05, 3.63) is 26.4 Å². The lowest BCUT2D eigenvalue weighted by molar-refractivity contribution is -0.142. The van der Waals surface area contributed by atoms with E-state index in [2.05, 4.69) is 36.8 Å². The third-order valence-corrected chi connectivity index (χ3v) is 2.93. The fraction of sp³-hybridized carbons (Fsp3) is 0.286. The summed E-state index contributed by atoms with van der Waals surface area (Å²) < 4.78 is 60.7. The van der Waals surface area contributed by atoms with Gasteiger partial charge in [-0.3, -0.25) is 0 Å². The van der Waals surface area contributed by atoms with Crippen LogP contribution in [0.4, 0.5) is 22.0 Å². The van der Waals surface area contributed by atoms with E-state index in [0.29, 0.717) is 6.20 Å². The molecule has 1 heterocycles. The summed E-state index contributed by atoms with van der Waals surface area (Å²) in [6.07, 6.45) is -7.07. The van der Waals surface area contributed by atoms with Crippen LogP contribution >= 0.6 is 31.9 Å². The first-order chi connectivity index (χ1) is 6.75. The second-order valence-electron chi connectivity index (χ2n) is 2.48. The largest absolute Gasteiger partial charge is 0.434 e. The second kappa shape index (κ2) is 4.32. The van der Waals surface area contributed by atoms with E-state index in [4.69, 9.17) is 0 Å². The minimum Gasteiger partial charge on any atom is -0.249 e. The number of hydrogen-bond acceptors (Lipinski definition) is 1. The van der Waals surface area contributed by atoms with Crippen molar-refractivity contribution < 1.29 is 22.0 Å². The van der Waals surface area contributed by atoms with Crippen molar-refractivity contribution in [3.63, 3.8) is 0 Å². The van der Waals surface area contributed by atoms with Gasteiger partial charge in [-0.25, -0.2) is 13.8 Å². The fourth-order valence-corrected chi connectivity index (χ4v) is 2.33. The summed E-state index contributed by atoms with van der Waals surface area (Å²) >= 11 is 5.18. The standard InChI is InChI=1S/C7H2Br2F5N/c8-2-1-15-5(7(12,13)14)4(9)3(2)6(10)11/h1,6H. The number of alkyl halides is 5. The van der Waals surface area contributed by atoms with Gasteiger partial charge in [0.1, 0.15) is 0 Å².